The molecule has 0 unspecified atom stereocenters. The van der Waals surface area contributed by atoms with Crippen molar-refractivity contribution in [2.45, 2.75) is 32.0 Å². The van der Waals surface area contributed by atoms with E-state index in [1.54, 1.807) is 24.7 Å². The van der Waals surface area contributed by atoms with E-state index in [0.717, 1.165) is 74.6 Å². The number of nitrogens with one attached hydrogen (secondary N) is 2. The average Bonchev–Trinajstić information content (AvgIpc) is 3.06. The van der Waals surface area contributed by atoms with E-state index in [-0.39, 0.29) is 11.6 Å². The second-order valence-corrected chi connectivity index (χ2v) is 12.7. The molecule has 0 amide bonds. The van der Waals surface area contributed by atoms with Crippen LogP contribution in [0.2, 0.25) is 0 Å². The molecule has 2 aliphatic rings. The Labute approximate surface area is 271 Å². The van der Waals surface area contributed by atoms with Crippen molar-refractivity contribution in [3.05, 3.63) is 60.0 Å². The van der Waals surface area contributed by atoms with Crippen molar-refractivity contribution in [1.82, 2.24) is 29.7 Å². The molecule has 2 saturated heterocycles. The quantitative estimate of drug-likeness (QED) is 0.215. The third-order valence-electron chi connectivity index (χ3n) is 8.87. The van der Waals surface area contributed by atoms with Gasteiger partial charge in [-0.3, -0.25) is 14.9 Å². The van der Waals surface area contributed by atoms with Crippen LogP contribution in [-0.4, -0.2) is 95.4 Å². The van der Waals surface area contributed by atoms with Crippen LogP contribution in [0.1, 0.15) is 24.0 Å². The van der Waals surface area contributed by atoms with Gasteiger partial charge in [-0.1, -0.05) is 11.9 Å². The largest absolute Gasteiger partial charge is 0.418 e. The molecule has 14 heteroatoms. The number of piperazine rings is 1. The van der Waals surface area contributed by atoms with Crippen LogP contribution >= 0.6 is 11.9 Å². The number of aryl methyl sites for hydroxylation is 1. The minimum Gasteiger partial charge on any atom is -0.371 e. The van der Waals surface area contributed by atoms with Gasteiger partial charge in [0.25, 0.3) is 0 Å². The van der Waals surface area contributed by atoms with Gasteiger partial charge < -0.3 is 24.7 Å². The molecular formula is C32H39F3N10S. The second-order valence-electron chi connectivity index (χ2n) is 11.8. The van der Waals surface area contributed by atoms with Gasteiger partial charge in [-0.15, -0.1) is 0 Å². The fourth-order valence-corrected chi connectivity index (χ4v) is 6.53. The Morgan fingerprint density at radius 1 is 0.913 bits per heavy atom. The van der Waals surface area contributed by atoms with E-state index in [4.69, 9.17) is 0 Å². The number of aromatic nitrogens is 4. The molecule has 10 nitrogen and oxygen atoms in total. The van der Waals surface area contributed by atoms with Crippen molar-refractivity contribution in [2.75, 3.05) is 79.5 Å². The van der Waals surface area contributed by atoms with Crippen LogP contribution in [-0.2, 0) is 6.18 Å². The van der Waals surface area contributed by atoms with Crippen molar-refractivity contribution in [2.24, 2.45) is 0 Å². The SMILES string of the molecule is CSN(C)c1c(Nc2nc(Nc3ccc(N4CCC(N5CCN(C)CC5)CC4)cc3C(F)(F)F)ncc2C)ccc2nccnc12. The number of likely N-dealkylation sites (N-methyl/N-ethyl adjacent to an activating group) is 1. The monoisotopic (exact) mass is 652 g/mol. The number of anilines is 6. The van der Waals surface area contributed by atoms with Gasteiger partial charge >= 0.3 is 6.18 Å². The van der Waals surface area contributed by atoms with Gasteiger partial charge in [0, 0.05) is 88.5 Å². The summed E-state index contributed by atoms with van der Waals surface area (Å²) >= 11 is 1.52. The lowest BCUT2D eigenvalue weighted by Gasteiger charge is -2.42. The molecule has 2 fully saturated rings. The lowest BCUT2D eigenvalue weighted by molar-refractivity contribution is -0.136. The highest BCUT2D eigenvalue weighted by Crippen LogP contribution is 2.40. The maximum Gasteiger partial charge on any atom is 0.418 e. The summed E-state index contributed by atoms with van der Waals surface area (Å²) in [6, 6.07) is 8.71. The van der Waals surface area contributed by atoms with E-state index in [9.17, 15) is 13.2 Å². The van der Waals surface area contributed by atoms with Crippen molar-refractivity contribution >= 4 is 57.5 Å². The van der Waals surface area contributed by atoms with E-state index in [1.807, 2.05) is 36.7 Å². The van der Waals surface area contributed by atoms with Gasteiger partial charge in [-0.05, 0) is 57.1 Å². The minimum atomic E-state index is -4.56. The molecule has 0 bridgehead atoms. The molecule has 0 atom stereocenters. The Bertz CT molecular complexity index is 1670. The van der Waals surface area contributed by atoms with Crippen molar-refractivity contribution in [3.63, 3.8) is 0 Å². The second kappa shape index (κ2) is 13.5. The van der Waals surface area contributed by atoms with Crippen LogP contribution in [0.5, 0.6) is 0 Å². The first-order valence-electron chi connectivity index (χ1n) is 15.4. The molecular weight excluding hydrogens is 613 g/mol. The Kier molecular flexibility index (Phi) is 9.39. The summed E-state index contributed by atoms with van der Waals surface area (Å²) in [6.07, 6.45) is 4.14. The topological polar surface area (TPSA) is 88.6 Å². The van der Waals surface area contributed by atoms with Crippen molar-refractivity contribution in [1.29, 1.82) is 0 Å². The Morgan fingerprint density at radius 2 is 1.63 bits per heavy atom. The summed E-state index contributed by atoms with van der Waals surface area (Å²) in [4.78, 5) is 24.8. The maximum atomic E-state index is 14.4. The van der Waals surface area contributed by atoms with E-state index in [2.05, 4.69) is 52.3 Å². The standard InChI is InChI=1S/C32H39F3N10S/c1-21-20-38-31(41-30(21)39-27-8-7-26-28(37-12-11-36-26)29(27)43(3)46-4)40-25-6-5-23(19-24(25)32(33,34)35)44-13-9-22(10-14-44)45-17-15-42(2)16-18-45/h5-8,11-12,19-20,22H,9-10,13-18H2,1-4H3,(H2,38,39,40,41). The van der Waals surface area contributed by atoms with Crippen LogP contribution in [0.15, 0.2) is 48.9 Å². The molecule has 2 aliphatic heterocycles. The van der Waals surface area contributed by atoms with Gasteiger partial charge in [0.1, 0.15) is 11.3 Å². The molecule has 6 rings (SSSR count). The number of alkyl halides is 3. The highest BCUT2D eigenvalue weighted by molar-refractivity contribution is 7.99. The number of fused-ring (bicyclic) bond motifs is 1. The molecule has 2 aromatic heterocycles. The third kappa shape index (κ3) is 6.93. The summed E-state index contributed by atoms with van der Waals surface area (Å²) < 4.78 is 45.2. The zero-order valence-electron chi connectivity index (χ0n) is 26.5. The van der Waals surface area contributed by atoms with Crippen LogP contribution in [0.3, 0.4) is 0 Å². The van der Waals surface area contributed by atoms with Crippen LogP contribution < -0.4 is 19.8 Å². The molecule has 0 radical (unpaired) electrons. The molecule has 2 N–H and O–H groups in total. The van der Waals surface area contributed by atoms with Gasteiger partial charge in [-0.25, -0.2) is 4.98 Å². The van der Waals surface area contributed by atoms with Gasteiger partial charge in [-0.2, -0.15) is 18.2 Å². The Balaban J connectivity index is 1.21. The molecule has 0 spiro atoms. The maximum absolute atomic E-state index is 14.4. The van der Waals surface area contributed by atoms with E-state index < -0.39 is 11.7 Å². The first-order chi connectivity index (χ1) is 22.1. The van der Waals surface area contributed by atoms with Crippen molar-refractivity contribution in [3.8, 4) is 0 Å². The predicted octanol–water partition coefficient (Wildman–Crippen LogP) is 6.16. The number of hydrogen-bond acceptors (Lipinski definition) is 11. The van der Waals surface area contributed by atoms with E-state index >= 15 is 0 Å². The first-order valence-corrected chi connectivity index (χ1v) is 16.6. The molecule has 2 aromatic carbocycles. The average molecular weight is 653 g/mol. The number of piperidine rings is 1. The highest BCUT2D eigenvalue weighted by Gasteiger charge is 2.35. The number of rotatable bonds is 8. The summed E-state index contributed by atoms with van der Waals surface area (Å²) in [6.45, 7) is 7.50. The number of nitrogens with zero attached hydrogens (tertiary/aromatic N) is 8. The Hall–Kier alpha value is -3.88. The number of benzene rings is 2. The minimum absolute atomic E-state index is 0.0553. The summed E-state index contributed by atoms with van der Waals surface area (Å²) in [5, 5.41) is 6.20. The van der Waals surface area contributed by atoms with Crippen molar-refractivity contribution < 1.29 is 13.2 Å². The van der Waals surface area contributed by atoms with Gasteiger partial charge in [0.05, 0.1) is 28.1 Å². The van der Waals surface area contributed by atoms with Crippen LogP contribution in [0.25, 0.3) is 11.0 Å². The zero-order valence-corrected chi connectivity index (χ0v) is 27.3. The normalized spacial score (nSPS) is 17.0. The summed E-state index contributed by atoms with van der Waals surface area (Å²) in [5.41, 5.74) is 3.47. The summed E-state index contributed by atoms with van der Waals surface area (Å²) in [5.74, 6) is 0.518. The third-order valence-corrected chi connectivity index (χ3v) is 9.60. The number of halogens is 3. The zero-order chi connectivity index (χ0) is 32.4. The lowest BCUT2D eigenvalue weighted by atomic mass is 10.0. The predicted molar refractivity (Wildman–Crippen MR) is 181 cm³/mol. The fourth-order valence-electron chi connectivity index (χ4n) is 6.16. The van der Waals surface area contributed by atoms with Gasteiger partial charge in [0.2, 0.25) is 5.95 Å². The molecule has 46 heavy (non-hydrogen) atoms. The molecule has 0 aliphatic carbocycles. The van der Waals surface area contributed by atoms with Gasteiger partial charge in [0.15, 0.2) is 0 Å². The van der Waals surface area contributed by atoms with Crippen LogP contribution in [0.4, 0.5) is 47.7 Å². The highest BCUT2D eigenvalue weighted by atomic mass is 32.2. The fraction of sp³-hybridized carbons (Fsp3) is 0.438. The molecule has 4 aromatic rings. The summed E-state index contributed by atoms with van der Waals surface area (Å²) in [7, 11) is 4.07. The lowest BCUT2D eigenvalue weighted by Crippen LogP contribution is -2.52. The molecule has 0 saturated carbocycles. The smallest absolute Gasteiger partial charge is 0.371 e. The van der Waals surface area contributed by atoms with Crippen LogP contribution in [0, 0.1) is 6.92 Å². The molecule has 4 heterocycles. The number of hydrogen-bond donors (Lipinski definition) is 2. The Morgan fingerprint density at radius 3 is 2.35 bits per heavy atom. The van der Waals surface area contributed by atoms with E-state index in [0.29, 0.717) is 23.1 Å². The first kappa shape index (κ1) is 32.1. The van der Waals surface area contributed by atoms with E-state index in [1.165, 1.54) is 24.1 Å². The molecule has 244 valence electrons.